The molecule has 3 rings (SSSR count). The second kappa shape index (κ2) is 10.5. The first-order valence-corrected chi connectivity index (χ1v) is 10.3. The molecule has 2 aromatic carbocycles. The van der Waals surface area contributed by atoms with Crippen LogP contribution in [0.15, 0.2) is 42.5 Å². The number of likely N-dealkylation sites (tertiary alicyclic amines) is 1. The normalized spacial score (nSPS) is 14.9. The van der Waals surface area contributed by atoms with Gasteiger partial charge in [-0.2, -0.15) is 0 Å². The Morgan fingerprint density at radius 1 is 1.12 bits per heavy atom. The summed E-state index contributed by atoms with van der Waals surface area (Å²) in [7, 11) is 0. The molecule has 1 aliphatic rings. The number of nitro benzene ring substituents is 1. The molecule has 1 aliphatic heterocycles. The molecule has 2 aromatic rings. The van der Waals surface area contributed by atoms with Gasteiger partial charge >= 0.3 is 0 Å². The summed E-state index contributed by atoms with van der Waals surface area (Å²) in [6.45, 7) is 0.652. The molecule has 170 valence electrons. The molecule has 1 heterocycles. The molecule has 0 bridgehead atoms. The summed E-state index contributed by atoms with van der Waals surface area (Å²) in [4.78, 5) is 37.3. The third-order valence-corrected chi connectivity index (χ3v) is 5.46. The van der Waals surface area contributed by atoms with Crippen LogP contribution in [-0.4, -0.2) is 53.7 Å². The van der Waals surface area contributed by atoms with Crippen LogP contribution in [0.2, 0.25) is 5.02 Å². The van der Waals surface area contributed by atoms with Crippen molar-refractivity contribution in [3.8, 4) is 0 Å². The summed E-state index contributed by atoms with van der Waals surface area (Å²) in [6.07, 6.45) is -1.29. The fourth-order valence-corrected chi connectivity index (χ4v) is 3.76. The Morgan fingerprint density at radius 3 is 2.44 bits per heavy atom. The van der Waals surface area contributed by atoms with E-state index in [2.05, 4.69) is 10.6 Å². The standard InChI is InChI=1S/C21H21ClF2N4O4/c22-17-11-14(28(31)32)5-6-15(17)20(29)26-18-4-2-1-3-16(18)21(30)25-13-7-9-27(10-8-13)12-19(23)24/h1-6,11,13,19H,7-10,12H2,(H,25,30)(H,26,29). The van der Waals surface area contributed by atoms with Crippen molar-refractivity contribution < 1.29 is 23.3 Å². The first-order chi connectivity index (χ1) is 15.2. The number of carbonyl (C=O) groups excluding carboxylic acids is 2. The maximum Gasteiger partial charge on any atom is 0.270 e. The number of benzene rings is 2. The van der Waals surface area contributed by atoms with E-state index < -0.39 is 23.2 Å². The van der Waals surface area contributed by atoms with Gasteiger partial charge < -0.3 is 10.6 Å². The maximum absolute atomic E-state index is 12.8. The summed E-state index contributed by atoms with van der Waals surface area (Å²) < 4.78 is 25.0. The quantitative estimate of drug-likeness (QED) is 0.474. The molecular formula is C21H21ClF2N4O4. The molecule has 0 saturated carbocycles. The molecule has 0 spiro atoms. The fraction of sp³-hybridized carbons (Fsp3) is 0.333. The molecule has 32 heavy (non-hydrogen) atoms. The number of nitrogens with one attached hydrogen (secondary N) is 2. The number of nitro groups is 1. The Hall–Kier alpha value is -3.11. The minimum Gasteiger partial charge on any atom is -0.349 e. The van der Waals surface area contributed by atoms with E-state index in [0.717, 1.165) is 6.07 Å². The highest BCUT2D eigenvalue weighted by Gasteiger charge is 2.24. The van der Waals surface area contributed by atoms with E-state index in [-0.39, 0.29) is 40.1 Å². The highest BCUT2D eigenvalue weighted by molar-refractivity contribution is 6.34. The topological polar surface area (TPSA) is 105 Å². The number of piperidine rings is 1. The summed E-state index contributed by atoms with van der Waals surface area (Å²) in [6, 6.07) is 9.72. The second-order valence-electron chi connectivity index (χ2n) is 7.36. The van der Waals surface area contributed by atoms with Gasteiger partial charge in [0.15, 0.2) is 0 Å². The lowest BCUT2D eigenvalue weighted by Gasteiger charge is -2.32. The first kappa shape index (κ1) is 23.6. The Morgan fingerprint density at radius 2 is 1.81 bits per heavy atom. The molecule has 0 atom stereocenters. The van der Waals surface area contributed by atoms with E-state index >= 15 is 0 Å². The van der Waals surface area contributed by atoms with Gasteiger partial charge in [0.1, 0.15) is 0 Å². The van der Waals surface area contributed by atoms with Crippen molar-refractivity contribution in [2.24, 2.45) is 0 Å². The lowest BCUT2D eigenvalue weighted by Crippen LogP contribution is -2.45. The summed E-state index contributed by atoms with van der Waals surface area (Å²) in [5.74, 6) is -1.02. The Balaban J connectivity index is 1.66. The average molecular weight is 467 g/mol. The fourth-order valence-electron chi connectivity index (χ4n) is 3.50. The van der Waals surface area contributed by atoms with Crippen molar-refractivity contribution in [3.63, 3.8) is 0 Å². The molecule has 1 saturated heterocycles. The molecule has 0 aliphatic carbocycles. The predicted molar refractivity (Wildman–Crippen MR) is 115 cm³/mol. The van der Waals surface area contributed by atoms with Gasteiger partial charge in [-0.15, -0.1) is 0 Å². The van der Waals surface area contributed by atoms with Crippen LogP contribution in [0, 0.1) is 10.1 Å². The number of halogens is 3. The second-order valence-corrected chi connectivity index (χ2v) is 7.77. The van der Waals surface area contributed by atoms with E-state index in [4.69, 9.17) is 11.6 Å². The third-order valence-electron chi connectivity index (χ3n) is 5.15. The summed E-state index contributed by atoms with van der Waals surface area (Å²) in [5.41, 5.74) is 0.262. The van der Waals surface area contributed by atoms with E-state index in [1.807, 2.05) is 0 Å². The van der Waals surface area contributed by atoms with E-state index in [0.29, 0.717) is 25.9 Å². The molecule has 11 heteroatoms. The smallest absolute Gasteiger partial charge is 0.270 e. The summed E-state index contributed by atoms with van der Waals surface area (Å²) >= 11 is 6.01. The van der Waals surface area contributed by atoms with E-state index in [1.54, 1.807) is 29.2 Å². The Bertz CT molecular complexity index is 1010. The Kier molecular flexibility index (Phi) is 7.70. The number of carbonyl (C=O) groups is 2. The third kappa shape index (κ3) is 5.98. The van der Waals surface area contributed by atoms with Gasteiger partial charge in [0, 0.05) is 31.3 Å². The zero-order valence-corrected chi connectivity index (χ0v) is 17.6. The van der Waals surface area contributed by atoms with Gasteiger partial charge in [-0.05, 0) is 31.0 Å². The zero-order chi connectivity index (χ0) is 23.3. The molecule has 2 N–H and O–H groups in total. The number of amides is 2. The van der Waals surface area contributed by atoms with Crippen LogP contribution in [0.5, 0.6) is 0 Å². The molecule has 0 aromatic heterocycles. The van der Waals surface area contributed by atoms with Crippen molar-refractivity contribution >= 4 is 34.8 Å². The van der Waals surface area contributed by atoms with E-state index in [1.165, 1.54) is 12.1 Å². The number of rotatable bonds is 7. The lowest BCUT2D eigenvalue weighted by atomic mass is 10.0. The van der Waals surface area contributed by atoms with E-state index in [9.17, 15) is 28.5 Å². The number of alkyl halides is 2. The molecule has 0 radical (unpaired) electrons. The number of para-hydroxylation sites is 1. The molecule has 8 nitrogen and oxygen atoms in total. The van der Waals surface area contributed by atoms with Gasteiger partial charge in [0.05, 0.1) is 33.3 Å². The highest BCUT2D eigenvalue weighted by Crippen LogP contribution is 2.24. The van der Waals surface area contributed by atoms with Gasteiger partial charge in [-0.3, -0.25) is 24.6 Å². The monoisotopic (exact) mass is 466 g/mol. The van der Waals surface area contributed by atoms with Gasteiger partial charge in [0.25, 0.3) is 23.9 Å². The number of hydrogen-bond donors (Lipinski definition) is 2. The molecule has 1 fully saturated rings. The number of hydrogen-bond acceptors (Lipinski definition) is 5. The van der Waals surface area contributed by atoms with Crippen LogP contribution in [0.1, 0.15) is 33.6 Å². The number of nitrogens with zero attached hydrogens (tertiary/aromatic N) is 2. The lowest BCUT2D eigenvalue weighted by molar-refractivity contribution is -0.384. The minimum absolute atomic E-state index is 0.0267. The van der Waals surface area contributed by atoms with Crippen molar-refractivity contribution in [1.82, 2.24) is 10.2 Å². The van der Waals surface area contributed by atoms with Crippen LogP contribution in [0.4, 0.5) is 20.2 Å². The molecular weight excluding hydrogens is 446 g/mol. The van der Waals surface area contributed by atoms with Gasteiger partial charge in [0.2, 0.25) is 0 Å². The summed E-state index contributed by atoms with van der Waals surface area (Å²) in [5, 5.41) is 16.3. The van der Waals surface area contributed by atoms with Crippen molar-refractivity contribution in [2.75, 3.05) is 25.0 Å². The predicted octanol–water partition coefficient (Wildman–Crippen LogP) is 3.96. The van der Waals surface area contributed by atoms with Gasteiger partial charge in [-0.1, -0.05) is 23.7 Å². The van der Waals surface area contributed by atoms with Crippen LogP contribution in [0.25, 0.3) is 0 Å². The first-order valence-electron chi connectivity index (χ1n) is 9.90. The van der Waals surface area contributed by atoms with Crippen molar-refractivity contribution in [2.45, 2.75) is 25.3 Å². The van der Waals surface area contributed by atoms with Crippen LogP contribution < -0.4 is 10.6 Å². The number of non-ortho nitro benzene ring substituents is 1. The average Bonchev–Trinajstić information content (AvgIpc) is 2.74. The van der Waals surface area contributed by atoms with Crippen LogP contribution in [0.3, 0.4) is 0 Å². The molecule has 0 unspecified atom stereocenters. The Labute approximate surface area is 187 Å². The number of anilines is 1. The highest BCUT2D eigenvalue weighted by atomic mass is 35.5. The van der Waals surface area contributed by atoms with Crippen molar-refractivity contribution in [3.05, 3.63) is 68.7 Å². The SMILES string of the molecule is O=C(Nc1ccccc1C(=O)NC1CCN(CC(F)F)CC1)c1ccc([N+](=O)[O-])cc1Cl. The van der Waals surface area contributed by atoms with Gasteiger partial charge in [-0.25, -0.2) is 8.78 Å². The minimum atomic E-state index is -2.39. The van der Waals surface area contributed by atoms with Crippen LogP contribution >= 0.6 is 11.6 Å². The van der Waals surface area contributed by atoms with Crippen LogP contribution in [-0.2, 0) is 0 Å². The zero-order valence-electron chi connectivity index (χ0n) is 16.9. The molecule has 2 amide bonds. The maximum atomic E-state index is 12.8. The largest absolute Gasteiger partial charge is 0.349 e. The van der Waals surface area contributed by atoms with Crippen molar-refractivity contribution in [1.29, 1.82) is 0 Å².